The minimum absolute atomic E-state index is 0.171. The monoisotopic (exact) mass is 183 g/mol. The molecule has 1 rings (SSSR count). The third kappa shape index (κ3) is 2.31. The highest BCUT2D eigenvalue weighted by Crippen LogP contribution is 2.30. The van der Waals surface area contributed by atoms with Gasteiger partial charge in [0, 0.05) is 11.6 Å². The molecule has 0 radical (unpaired) electrons. The second-order valence-corrected chi connectivity index (χ2v) is 4.07. The summed E-state index contributed by atoms with van der Waals surface area (Å²) in [5, 5.41) is 17.7. The van der Waals surface area contributed by atoms with Crippen molar-refractivity contribution in [3.05, 3.63) is 0 Å². The smallest absolute Gasteiger partial charge is 0.0620 e. The van der Waals surface area contributed by atoms with E-state index in [4.69, 9.17) is 5.41 Å². The van der Waals surface area contributed by atoms with E-state index in [9.17, 15) is 5.11 Å². The Kier molecular flexibility index (Phi) is 3.91. The zero-order chi connectivity index (χ0) is 9.84. The van der Waals surface area contributed by atoms with Crippen molar-refractivity contribution in [1.82, 2.24) is 0 Å². The number of hydrogen-bond acceptors (Lipinski definition) is 2. The predicted molar refractivity (Wildman–Crippen MR) is 55.1 cm³/mol. The molecular formula is C11H21NO. The highest BCUT2D eigenvalue weighted by atomic mass is 16.3. The van der Waals surface area contributed by atoms with E-state index in [1.165, 1.54) is 0 Å². The van der Waals surface area contributed by atoms with Crippen molar-refractivity contribution in [1.29, 1.82) is 5.41 Å². The zero-order valence-electron chi connectivity index (χ0n) is 8.71. The van der Waals surface area contributed by atoms with Crippen LogP contribution >= 0.6 is 0 Å². The van der Waals surface area contributed by atoms with Crippen molar-refractivity contribution in [3.8, 4) is 0 Å². The Labute approximate surface area is 80.9 Å². The van der Waals surface area contributed by atoms with Gasteiger partial charge in [-0.15, -0.1) is 0 Å². The van der Waals surface area contributed by atoms with Crippen LogP contribution in [-0.4, -0.2) is 16.9 Å². The van der Waals surface area contributed by atoms with Crippen LogP contribution in [0.4, 0.5) is 0 Å². The SMILES string of the molecule is CCC(CC)C(=N)C1CCCC1O. The molecule has 2 atom stereocenters. The van der Waals surface area contributed by atoms with Crippen LogP contribution in [0.2, 0.25) is 0 Å². The first-order chi connectivity index (χ1) is 6.20. The first-order valence-corrected chi connectivity index (χ1v) is 5.47. The van der Waals surface area contributed by atoms with E-state index in [1.54, 1.807) is 0 Å². The summed E-state index contributed by atoms with van der Waals surface area (Å²) in [4.78, 5) is 0. The fraction of sp³-hybridized carbons (Fsp3) is 0.909. The van der Waals surface area contributed by atoms with Gasteiger partial charge >= 0.3 is 0 Å². The first-order valence-electron chi connectivity index (χ1n) is 5.47. The summed E-state index contributed by atoms with van der Waals surface area (Å²) >= 11 is 0. The van der Waals surface area contributed by atoms with Gasteiger partial charge in [-0.3, -0.25) is 0 Å². The molecule has 0 bridgehead atoms. The number of hydrogen-bond donors (Lipinski definition) is 2. The zero-order valence-corrected chi connectivity index (χ0v) is 8.71. The van der Waals surface area contributed by atoms with Gasteiger partial charge in [-0.05, 0) is 31.6 Å². The summed E-state index contributed by atoms with van der Waals surface area (Å²) in [6.07, 6.45) is 4.86. The summed E-state index contributed by atoms with van der Waals surface area (Å²) in [5.74, 6) is 0.572. The third-order valence-corrected chi connectivity index (χ3v) is 3.30. The predicted octanol–water partition coefficient (Wildman–Crippen LogP) is 2.60. The molecule has 2 unspecified atom stereocenters. The Morgan fingerprint density at radius 3 is 2.38 bits per heavy atom. The fourth-order valence-electron chi connectivity index (χ4n) is 2.33. The summed E-state index contributed by atoms with van der Waals surface area (Å²) in [5.41, 5.74) is 0.801. The molecule has 13 heavy (non-hydrogen) atoms. The van der Waals surface area contributed by atoms with Gasteiger partial charge in [0.1, 0.15) is 0 Å². The minimum Gasteiger partial charge on any atom is -0.392 e. The van der Waals surface area contributed by atoms with E-state index in [2.05, 4.69) is 13.8 Å². The Hall–Kier alpha value is -0.370. The maximum absolute atomic E-state index is 9.66. The number of rotatable bonds is 4. The second-order valence-electron chi connectivity index (χ2n) is 4.07. The van der Waals surface area contributed by atoms with Crippen molar-refractivity contribution in [3.63, 3.8) is 0 Å². The molecule has 0 aromatic carbocycles. The third-order valence-electron chi connectivity index (χ3n) is 3.30. The number of nitrogens with one attached hydrogen (secondary N) is 1. The van der Waals surface area contributed by atoms with Crippen LogP contribution in [0.5, 0.6) is 0 Å². The molecule has 0 aromatic rings. The summed E-state index contributed by atoms with van der Waals surface area (Å²) < 4.78 is 0. The Morgan fingerprint density at radius 2 is 2.00 bits per heavy atom. The lowest BCUT2D eigenvalue weighted by atomic mass is 9.86. The van der Waals surface area contributed by atoms with Crippen molar-refractivity contribution < 1.29 is 5.11 Å². The topological polar surface area (TPSA) is 44.1 Å². The van der Waals surface area contributed by atoms with Crippen LogP contribution in [0.3, 0.4) is 0 Å². The van der Waals surface area contributed by atoms with Crippen molar-refractivity contribution >= 4 is 5.71 Å². The van der Waals surface area contributed by atoms with Crippen LogP contribution in [0.15, 0.2) is 0 Å². The van der Waals surface area contributed by atoms with Gasteiger partial charge in [0.05, 0.1) is 6.10 Å². The molecule has 0 spiro atoms. The molecule has 0 aromatic heterocycles. The standard InChI is InChI=1S/C11H21NO/c1-3-8(4-2)11(12)9-6-5-7-10(9)13/h8-10,12-13H,3-7H2,1-2H3. The molecule has 2 nitrogen and oxygen atoms in total. The first kappa shape index (κ1) is 10.7. The molecule has 0 heterocycles. The molecule has 0 saturated heterocycles. The molecule has 1 aliphatic carbocycles. The Balaban J connectivity index is 2.54. The molecular weight excluding hydrogens is 162 g/mol. The van der Waals surface area contributed by atoms with Crippen LogP contribution in [0, 0.1) is 17.2 Å². The fourth-order valence-corrected chi connectivity index (χ4v) is 2.33. The van der Waals surface area contributed by atoms with E-state index < -0.39 is 0 Å². The van der Waals surface area contributed by atoms with Gasteiger partial charge in [0.2, 0.25) is 0 Å². The quantitative estimate of drug-likeness (QED) is 0.646. The summed E-state index contributed by atoms with van der Waals surface area (Å²) in [6, 6.07) is 0. The maximum atomic E-state index is 9.66. The van der Waals surface area contributed by atoms with Crippen molar-refractivity contribution in [2.75, 3.05) is 0 Å². The van der Waals surface area contributed by atoms with Crippen molar-refractivity contribution in [2.24, 2.45) is 11.8 Å². The molecule has 2 N–H and O–H groups in total. The van der Waals surface area contributed by atoms with Crippen LogP contribution in [0.1, 0.15) is 46.0 Å². The highest BCUT2D eigenvalue weighted by Gasteiger charge is 2.31. The molecule has 76 valence electrons. The lowest BCUT2D eigenvalue weighted by Crippen LogP contribution is -2.28. The highest BCUT2D eigenvalue weighted by molar-refractivity contribution is 5.86. The minimum atomic E-state index is -0.229. The lowest BCUT2D eigenvalue weighted by Gasteiger charge is -2.22. The van der Waals surface area contributed by atoms with Gasteiger partial charge < -0.3 is 10.5 Å². The second kappa shape index (κ2) is 4.75. The molecule has 0 amide bonds. The average molecular weight is 183 g/mol. The molecule has 1 aliphatic rings. The Bertz CT molecular complexity index is 175. The lowest BCUT2D eigenvalue weighted by molar-refractivity contribution is 0.157. The van der Waals surface area contributed by atoms with E-state index in [-0.39, 0.29) is 12.0 Å². The van der Waals surface area contributed by atoms with E-state index in [1.807, 2.05) is 0 Å². The molecule has 1 saturated carbocycles. The van der Waals surface area contributed by atoms with Gasteiger partial charge in [-0.25, -0.2) is 0 Å². The largest absolute Gasteiger partial charge is 0.392 e. The van der Waals surface area contributed by atoms with E-state index in [0.717, 1.165) is 37.8 Å². The average Bonchev–Trinajstić information content (AvgIpc) is 2.53. The van der Waals surface area contributed by atoms with Crippen LogP contribution < -0.4 is 0 Å². The molecule has 0 aliphatic heterocycles. The maximum Gasteiger partial charge on any atom is 0.0620 e. The van der Waals surface area contributed by atoms with Gasteiger partial charge in [-0.1, -0.05) is 20.3 Å². The van der Waals surface area contributed by atoms with Gasteiger partial charge in [0.15, 0.2) is 0 Å². The van der Waals surface area contributed by atoms with Crippen molar-refractivity contribution in [2.45, 2.75) is 52.1 Å². The van der Waals surface area contributed by atoms with Crippen LogP contribution in [0.25, 0.3) is 0 Å². The summed E-state index contributed by atoms with van der Waals surface area (Å²) in [6.45, 7) is 4.26. The van der Waals surface area contributed by atoms with Gasteiger partial charge in [0.25, 0.3) is 0 Å². The molecule has 1 fully saturated rings. The number of aliphatic hydroxyl groups is 1. The van der Waals surface area contributed by atoms with Crippen LogP contribution in [-0.2, 0) is 0 Å². The van der Waals surface area contributed by atoms with E-state index in [0.29, 0.717) is 5.92 Å². The number of aliphatic hydroxyl groups excluding tert-OH is 1. The molecule has 2 heteroatoms. The summed E-state index contributed by atoms with van der Waals surface area (Å²) in [7, 11) is 0. The van der Waals surface area contributed by atoms with E-state index >= 15 is 0 Å². The van der Waals surface area contributed by atoms with Gasteiger partial charge in [-0.2, -0.15) is 0 Å². The Morgan fingerprint density at radius 1 is 1.38 bits per heavy atom. The normalized spacial score (nSPS) is 28.3.